The molecule has 6 nitrogen and oxygen atoms in total. The number of amides is 3. The maximum Gasteiger partial charge on any atom is 0.314 e. The molecule has 1 aliphatic heterocycles. The van der Waals surface area contributed by atoms with Gasteiger partial charge in [-0.15, -0.1) is 0 Å². The summed E-state index contributed by atoms with van der Waals surface area (Å²) in [7, 11) is 0. The fourth-order valence-electron chi connectivity index (χ4n) is 2.05. The summed E-state index contributed by atoms with van der Waals surface area (Å²) in [6.07, 6.45) is 0.788. The van der Waals surface area contributed by atoms with Gasteiger partial charge in [-0.3, -0.25) is 4.79 Å². The lowest BCUT2D eigenvalue weighted by Gasteiger charge is -2.12. The van der Waals surface area contributed by atoms with Crippen LogP contribution in [0.3, 0.4) is 0 Å². The minimum absolute atomic E-state index is 0.0199. The number of urea groups is 1. The van der Waals surface area contributed by atoms with Crippen LogP contribution in [0.4, 0.5) is 4.79 Å². The third-order valence-corrected chi connectivity index (χ3v) is 2.99. The van der Waals surface area contributed by atoms with E-state index in [1.165, 1.54) is 12.5 Å². The topological polar surface area (TPSA) is 79.5 Å². The third-order valence-electron chi connectivity index (χ3n) is 2.99. The first-order chi connectivity index (χ1) is 9.65. The fourth-order valence-corrected chi connectivity index (χ4v) is 2.05. The van der Waals surface area contributed by atoms with Crippen LogP contribution in [0.15, 0.2) is 24.3 Å². The van der Waals surface area contributed by atoms with Crippen LogP contribution in [0.5, 0.6) is 5.75 Å². The third kappa shape index (κ3) is 4.15. The van der Waals surface area contributed by atoms with Crippen LogP contribution in [-0.4, -0.2) is 37.7 Å². The second-order valence-corrected chi connectivity index (χ2v) is 4.67. The largest absolute Gasteiger partial charge is 0.488 e. The summed E-state index contributed by atoms with van der Waals surface area (Å²) in [5, 5.41) is 8.03. The molecule has 0 spiro atoms. The van der Waals surface area contributed by atoms with Crippen LogP contribution in [0.1, 0.15) is 12.5 Å². The number of hydrogen-bond donors (Lipinski definition) is 3. The molecule has 0 radical (unpaired) electrons. The van der Waals surface area contributed by atoms with Crippen molar-refractivity contribution in [1.29, 1.82) is 0 Å². The Hall–Kier alpha value is -2.24. The molecule has 0 bridgehead atoms. The number of rotatable bonds is 5. The zero-order chi connectivity index (χ0) is 14.4. The van der Waals surface area contributed by atoms with E-state index in [2.05, 4.69) is 16.0 Å². The lowest BCUT2D eigenvalue weighted by atomic mass is 10.1. The first kappa shape index (κ1) is 14.2. The Kier molecular flexibility index (Phi) is 4.81. The summed E-state index contributed by atoms with van der Waals surface area (Å²) < 4.78 is 5.71. The molecule has 1 aliphatic rings. The molecule has 20 heavy (non-hydrogen) atoms. The van der Waals surface area contributed by atoms with Crippen molar-refractivity contribution >= 4 is 11.9 Å². The van der Waals surface area contributed by atoms with Gasteiger partial charge in [-0.2, -0.15) is 0 Å². The molecule has 0 saturated heterocycles. The highest BCUT2D eigenvalue weighted by Crippen LogP contribution is 2.27. The average Bonchev–Trinajstić information content (AvgIpc) is 2.84. The minimum Gasteiger partial charge on any atom is -0.488 e. The van der Waals surface area contributed by atoms with Crippen LogP contribution in [0.2, 0.25) is 0 Å². The molecule has 0 fully saturated rings. The monoisotopic (exact) mass is 277 g/mol. The van der Waals surface area contributed by atoms with E-state index in [0.717, 1.165) is 12.2 Å². The second kappa shape index (κ2) is 6.79. The van der Waals surface area contributed by atoms with E-state index in [1.54, 1.807) is 0 Å². The molecule has 3 amide bonds. The summed E-state index contributed by atoms with van der Waals surface area (Å²) in [5.41, 5.74) is 1.17. The zero-order valence-corrected chi connectivity index (χ0v) is 11.4. The fraction of sp³-hybridized carbons (Fsp3) is 0.429. The predicted octanol–water partition coefficient (Wildman–Crippen LogP) is 0.425. The highest BCUT2D eigenvalue weighted by atomic mass is 16.5. The number of carbonyl (C=O) groups excluding carboxylic acids is 2. The smallest absolute Gasteiger partial charge is 0.314 e. The molecule has 6 heteroatoms. The molecule has 1 aromatic rings. The van der Waals surface area contributed by atoms with Crippen molar-refractivity contribution in [2.45, 2.75) is 19.4 Å². The van der Waals surface area contributed by atoms with Crippen molar-refractivity contribution in [1.82, 2.24) is 16.0 Å². The van der Waals surface area contributed by atoms with Gasteiger partial charge in [-0.1, -0.05) is 18.2 Å². The van der Waals surface area contributed by atoms with Crippen molar-refractivity contribution < 1.29 is 14.3 Å². The van der Waals surface area contributed by atoms with E-state index in [4.69, 9.17) is 4.74 Å². The Bertz CT molecular complexity index is 465. The first-order valence-corrected chi connectivity index (χ1v) is 6.66. The predicted molar refractivity (Wildman–Crippen MR) is 74.6 cm³/mol. The Morgan fingerprint density at radius 2 is 1.95 bits per heavy atom. The standard InChI is InChI=1S/C14H19N3O3/c1-10(18)15-6-7-16-14(19)17-9-12-8-11-4-2-3-5-13(11)20-12/h2-5,12H,6-9H2,1H3,(H,15,18)(H2,16,17,19)/t12-/m0/s1. The maximum absolute atomic E-state index is 11.5. The van der Waals surface area contributed by atoms with Crippen LogP contribution in [0, 0.1) is 0 Å². The molecule has 2 rings (SSSR count). The molecule has 3 N–H and O–H groups in total. The Morgan fingerprint density at radius 3 is 2.70 bits per heavy atom. The first-order valence-electron chi connectivity index (χ1n) is 6.66. The molecular weight excluding hydrogens is 258 g/mol. The van der Waals surface area contributed by atoms with E-state index in [-0.39, 0.29) is 18.0 Å². The van der Waals surface area contributed by atoms with Crippen LogP contribution in [0.25, 0.3) is 0 Å². The molecule has 108 valence electrons. The quantitative estimate of drug-likeness (QED) is 0.683. The molecule has 0 unspecified atom stereocenters. The summed E-state index contributed by atoms with van der Waals surface area (Å²) in [6.45, 7) is 2.72. The summed E-state index contributed by atoms with van der Waals surface area (Å²) in [6, 6.07) is 7.62. The molecule has 0 aliphatic carbocycles. The van der Waals surface area contributed by atoms with Gasteiger partial charge in [-0.05, 0) is 11.6 Å². The Balaban J connectivity index is 1.62. The SMILES string of the molecule is CC(=O)NCCNC(=O)NC[C@@H]1Cc2ccccc2O1. The normalized spacial score (nSPS) is 15.9. The summed E-state index contributed by atoms with van der Waals surface area (Å²) in [5.74, 6) is 0.787. The second-order valence-electron chi connectivity index (χ2n) is 4.67. The van der Waals surface area contributed by atoms with Gasteiger partial charge in [0.1, 0.15) is 11.9 Å². The Morgan fingerprint density at radius 1 is 1.20 bits per heavy atom. The van der Waals surface area contributed by atoms with Crippen LogP contribution < -0.4 is 20.7 Å². The lowest BCUT2D eigenvalue weighted by molar-refractivity contribution is -0.118. The van der Waals surface area contributed by atoms with E-state index in [1.807, 2.05) is 24.3 Å². The summed E-state index contributed by atoms with van der Waals surface area (Å²) in [4.78, 5) is 22.2. The van der Waals surface area contributed by atoms with Gasteiger partial charge in [-0.25, -0.2) is 4.79 Å². The highest BCUT2D eigenvalue weighted by Gasteiger charge is 2.22. The van der Waals surface area contributed by atoms with Gasteiger partial charge in [0.2, 0.25) is 5.91 Å². The van der Waals surface area contributed by atoms with Gasteiger partial charge in [0.15, 0.2) is 0 Å². The maximum atomic E-state index is 11.5. The number of nitrogens with one attached hydrogen (secondary N) is 3. The van der Waals surface area contributed by atoms with E-state index in [9.17, 15) is 9.59 Å². The number of hydrogen-bond acceptors (Lipinski definition) is 3. The molecule has 1 heterocycles. The molecule has 1 atom stereocenters. The van der Waals surface area contributed by atoms with Gasteiger partial charge in [0, 0.05) is 26.4 Å². The van der Waals surface area contributed by atoms with Crippen molar-refractivity contribution in [3.05, 3.63) is 29.8 Å². The molecular formula is C14H19N3O3. The van der Waals surface area contributed by atoms with E-state index >= 15 is 0 Å². The minimum atomic E-state index is -0.255. The van der Waals surface area contributed by atoms with Gasteiger partial charge >= 0.3 is 6.03 Å². The summed E-state index contributed by atoms with van der Waals surface area (Å²) >= 11 is 0. The van der Waals surface area contributed by atoms with Crippen molar-refractivity contribution in [2.75, 3.05) is 19.6 Å². The molecule has 1 aromatic carbocycles. The van der Waals surface area contributed by atoms with E-state index < -0.39 is 0 Å². The van der Waals surface area contributed by atoms with Gasteiger partial charge in [0.05, 0.1) is 6.54 Å². The van der Waals surface area contributed by atoms with Crippen LogP contribution >= 0.6 is 0 Å². The zero-order valence-electron chi connectivity index (χ0n) is 11.4. The van der Waals surface area contributed by atoms with Crippen molar-refractivity contribution in [3.8, 4) is 5.75 Å². The Labute approximate surface area is 117 Å². The molecule has 0 saturated carbocycles. The van der Waals surface area contributed by atoms with Gasteiger partial charge in [0.25, 0.3) is 0 Å². The van der Waals surface area contributed by atoms with Gasteiger partial charge < -0.3 is 20.7 Å². The molecule has 0 aromatic heterocycles. The average molecular weight is 277 g/mol. The lowest BCUT2D eigenvalue weighted by Crippen LogP contribution is -2.43. The van der Waals surface area contributed by atoms with E-state index in [0.29, 0.717) is 19.6 Å². The van der Waals surface area contributed by atoms with Crippen molar-refractivity contribution in [2.24, 2.45) is 0 Å². The number of benzene rings is 1. The highest BCUT2D eigenvalue weighted by molar-refractivity contribution is 5.74. The number of ether oxygens (including phenoxy) is 1. The number of para-hydroxylation sites is 1. The number of fused-ring (bicyclic) bond motifs is 1. The van der Waals surface area contributed by atoms with Crippen molar-refractivity contribution in [3.63, 3.8) is 0 Å². The van der Waals surface area contributed by atoms with Crippen LogP contribution in [-0.2, 0) is 11.2 Å². The number of carbonyl (C=O) groups is 2.